The number of phenolic OH excluding ortho intramolecular Hbond substituents is 2. The van der Waals surface area contributed by atoms with Gasteiger partial charge in [-0.15, -0.1) is 11.3 Å². The molecule has 1 aliphatic rings. The number of nitrogens with zero attached hydrogens (tertiary/aromatic N) is 1. The Hall–Kier alpha value is -2.05. The fraction of sp³-hybridized carbons (Fsp3) is 0.476. The Labute approximate surface area is 165 Å². The summed E-state index contributed by atoms with van der Waals surface area (Å²) < 4.78 is 0. The van der Waals surface area contributed by atoms with Gasteiger partial charge in [0.2, 0.25) is 0 Å². The maximum Gasteiger partial charge on any atom is 0.180 e. The van der Waals surface area contributed by atoms with Crippen molar-refractivity contribution >= 4 is 22.5 Å². The first-order chi connectivity index (χ1) is 13.1. The molecule has 5 N–H and O–H groups in total. The summed E-state index contributed by atoms with van der Waals surface area (Å²) in [5.74, 6) is 0.622. The molecule has 1 unspecified atom stereocenters. The van der Waals surface area contributed by atoms with Crippen molar-refractivity contribution in [2.24, 2.45) is 5.92 Å². The Morgan fingerprint density at radius 3 is 2.93 bits per heavy atom. The summed E-state index contributed by atoms with van der Waals surface area (Å²) >= 11 is 1.67. The summed E-state index contributed by atoms with van der Waals surface area (Å²) in [5, 5.41) is 23.0. The normalized spacial score (nSPS) is 16.7. The number of aryl methyl sites for hydroxylation is 1. The topological polar surface area (TPSA) is 91.4 Å². The number of fused-ring (bicyclic) bond motifs is 1. The summed E-state index contributed by atoms with van der Waals surface area (Å²) in [6.45, 7) is 2.09. The Balaban J connectivity index is 1.23. The lowest BCUT2D eigenvalue weighted by molar-refractivity contribution is 0.403. The van der Waals surface area contributed by atoms with Crippen molar-refractivity contribution < 1.29 is 10.2 Å². The van der Waals surface area contributed by atoms with Crippen molar-refractivity contribution in [1.29, 1.82) is 0 Å². The van der Waals surface area contributed by atoms with Gasteiger partial charge in [0, 0.05) is 4.88 Å². The molecule has 5 nitrogen and oxygen atoms in total. The van der Waals surface area contributed by atoms with Crippen LogP contribution in [0.2, 0.25) is 0 Å². The molecule has 0 radical (unpaired) electrons. The maximum absolute atomic E-state index is 9.46. The van der Waals surface area contributed by atoms with Crippen LogP contribution in [-0.2, 0) is 12.8 Å². The van der Waals surface area contributed by atoms with Gasteiger partial charge in [0.1, 0.15) is 0 Å². The van der Waals surface area contributed by atoms with Crippen LogP contribution in [0.1, 0.15) is 48.2 Å². The van der Waals surface area contributed by atoms with E-state index in [-0.39, 0.29) is 11.5 Å². The molecule has 27 heavy (non-hydrogen) atoms. The molecule has 2 aromatic rings. The van der Waals surface area contributed by atoms with E-state index in [2.05, 4.69) is 16.4 Å². The van der Waals surface area contributed by atoms with Crippen LogP contribution in [0, 0.1) is 5.92 Å². The Morgan fingerprint density at radius 1 is 1.22 bits per heavy atom. The third kappa shape index (κ3) is 5.97. The van der Waals surface area contributed by atoms with Crippen LogP contribution in [0.4, 0.5) is 5.13 Å². The number of hydrogen-bond donors (Lipinski definition) is 4. The van der Waals surface area contributed by atoms with E-state index in [0.29, 0.717) is 0 Å². The van der Waals surface area contributed by atoms with E-state index < -0.39 is 0 Å². The van der Waals surface area contributed by atoms with Crippen LogP contribution in [0.25, 0.3) is 6.08 Å². The van der Waals surface area contributed by atoms with Crippen molar-refractivity contribution in [3.05, 3.63) is 40.4 Å². The second kappa shape index (κ2) is 9.76. The predicted octanol–water partition coefficient (Wildman–Crippen LogP) is 4.10. The van der Waals surface area contributed by atoms with E-state index in [1.54, 1.807) is 23.5 Å². The van der Waals surface area contributed by atoms with Crippen LogP contribution in [0.15, 0.2) is 24.3 Å². The lowest BCUT2D eigenvalue weighted by Gasteiger charge is -2.20. The SMILES string of the molecule is Nc1nc2c(s1)CC(CCCNCCC/C=C/c1ccc(O)c(O)c1)CC2. The molecule has 1 heterocycles. The van der Waals surface area contributed by atoms with Gasteiger partial charge in [0.25, 0.3) is 0 Å². The first-order valence-electron chi connectivity index (χ1n) is 9.75. The van der Waals surface area contributed by atoms with E-state index in [1.807, 2.05) is 6.08 Å². The molecule has 0 bridgehead atoms. The number of nitrogens with two attached hydrogens (primary N) is 1. The minimum absolute atomic E-state index is 0.0770. The van der Waals surface area contributed by atoms with Gasteiger partial charge >= 0.3 is 0 Å². The first-order valence-corrected chi connectivity index (χ1v) is 10.6. The van der Waals surface area contributed by atoms with Crippen molar-refractivity contribution in [3.8, 4) is 11.5 Å². The number of allylic oxidation sites excluding steroid dienone is 1. The number of hydrogen-bond acceptors (Lipinski definition) is 6. The van der Waals surface area contributed by atoms with Gasteiger partial charge in [-0.1, -0.05) is 18.2 Å². The highest BCUT2D eigenvalue weighted by atomic mass is 32.1. The molecule has 3 rings (SSSR count). The van der Waals surface area contributed by atoms with Crippen LogP contribution in [0.3, 0.4) is 0 Å². The molecule has 1 atom stereocenters. The molecule has 6 heteroatoms. The zero-order chi connectivity index (χ0) is 19.1. The van der Waals surface area contributed by atoms with Gasteiger partial charge in [-0.3, -0.25) is 0 Å². The van der Waals surface area contributed by atoms with E-state index in [0.717, 1.165) is 55.4 Å². The average molecular weight is 388 g/mol. The van der Waals surface area contributed by atoms with Gasteiger partial charge in [0.05, 0.1) is 5.69 Å². The van der Waals surface area contributed by atoms with Crippen molar-refractivity contribution in [1.82, 2.24) is 10.3 Å². The standard InChI is InChI=1S/C21H29N3O2S/c22-21-24-17-9-7-16(14-20(17)27-21)6-4-12-23-11-3-1-2-5-15-8-10-18(25)19(26)13-15/h2,5,8,10,13,16,23,25-26H,1,3-4,6-7,9,11-12,14H2,(H2,22,24)/b5-2+. The molecular weight excluding hydrogens is 358 g/mol. The van der Waals surface area contributed by atoms with E-state index in [4.69, 9.17) is 5.73 Å². The Kier molecular flexibility index (Phi) is 7.12. The molecule has 0 saturated carbocycles. The number of aromatic nitrogens is 1. The molecule has 0 aliphatic heterocycles. The predicted molar refractivity (Wildman–Crippen MR) is 112 cm³/mol. The van der Waals surface area contributed by atoms with Gasteiger partial charge in [-0.05, 0) is 81.6 Å². The highest BCUT2D eigenvalue weighted by molar-refractivity contribution is 7.15. The number of nitrogens with one attached hydrogen (secondary N) is 1. The molecule has 1 aromatic carbocycles. The molecule has 0 saturated heterocycles. The highest BCUT2D eigenvalue weighted by Crippen LogP contribution is 2.32. The number of thiazole rings is 1. The quantitative estimate of drug-likeness (QED) is 0.384. The monoisotopic (exact) mass is 387 g/mol. The second-order valence-electron chi connectivity index (χ2n) is 7.22. The summed E-state index contributed by atoms with van der Waals surface area (Å²) in [5.41, 5.74) is 7.95. The van der Waals surface area contributed by atoms with Crippen LogP contribution in [0.5, 0.6) is 11.5 Å². The molecular formula is C21H29N3O2S. The fourth-order valence-corrected chi connectivity index (χ4v) is 4.55. The summed E-state index contributed by atoms with van der Waals surface area (Å²) in [6.07, 6.45) is 12.1. The second-order valence-corrected chi connectivity index (χ2v) is 8.33. The number of unbranched alkanes of at least 4 members (excludes halogenated alkanes) is 1. The van der Waals surface area contributed by atoms with E-state index in [9.17, 15) is 10.2 Å². The van der Waals surface area contributed by atoms with Gasteiger partial charge < -0.3 is 21.3 Å². The van der Waals surface area contributed by atoms with Crippen molar-refractivity contribution in [2.75, 3.05) is 18.8 Å². The van der Waals surface area contributed by atoms with Crippen LogP contribution < -0.4 is 11.1 Å². The number of benzene rings is 1. The van der Waals surface area contributed by atoms with Gasteiger partial charge in [-0.25, -0.2) is 4.98 Å². The van der Waals surface area contributed by atoms with Crippen LogP contribution in [-0.4, -0.2) is 28.3 Å². The van der Waals surface area contributed by atoms with E-state index in [1.165, 1.54) is 35.9 Å². The minimum atomic E-state index is -0.0822. The zero-order valence-electron chi connectivity index (χ0n) is 15.7. The molecule has 0 fully saturated rings. The van der Waals surface area contributed by atoms with Crippen molar-refractivity contribution in [2.45, 2.75) is 44.9 Å². The fourth-order valence-electron chi connectivity index (χ4n) is 3.56. The average Bonchev–Trinajstić information content (AvgIpc) is 3.02. The van der Waals surface area contributed by atoms with Crippen molar-refractivity contribution in [3.63, 3.8) is 0 Å². The molecule has 0 amide bonds. The summed E-state index contributed by atoms with van der Waals surface area (Å²) in [7, 11) is 0. The molecule has 146 valence electrons. The molecule has 1 aliphatic carbocycles. The Bertz CT molecular complexity index is 773. The minimum Gasteiger partial charge on any atom is -0.504 e. The third-order valence-electron chi connectivity index (χ3n) is 5.06. The maximum atomic E-state index is 9.46. The number of phenols is 2. The Morgan fingerprint density at radius 2 is 2.07 bits per heavy atom. The van der Waals surface area contributed by atoms with Crippen LogP contribution >= 0.6 is 11.3 Å². The van der Waals surface area contributed by atoms with Gasteiger partial charge in [-0.2, -0.15) is 0 Å². The third-order valence-corrected chi connectivity index (χ3v) is 6.01. The first kappa shape index (κ1) is 19.7. The summed E-state index contributed by atoms with van der Waals surface area (Å²) in [4.78, 5) is 5.82. The zero-order valence-corrected chi connectivity index (χ0v) is 16.5. The van der Waals surface area contributed by atoms with Gasteiger partial charge in [0.15, 0.2) is 16.6 Å². The largest absolute Gasteiger partial charge is 0.504 e. The number of rotatable bonds is 9. The lowest BCUT2D eigenvalue weighted by Crippen LogP contribution is -2.19. The smallest absolute Gasteiger partial charge is 0.180 e. The lowest BCUT2D eigenvalue weighted by atomic mass is 9.88. The number of anilines is 1. The number of aromatic hydroxyl groups is 2. The molecule has 1 aromatic heterocycles. The number of nitrogen functional groups attached to an aromatic ring is 1. The highest BCUT2D eigenvalue weighted by Gasteiger charge is 2.21. The molecule has 0 spiro atoms. The summed E-state index contributed by atoms with van der Waals surface area (Å²) in [6, 6.07) is 4.87. The van der Waals surface area contributed by atoms with E-state index >= 15 is 0 Å².